The van der Waals surface area contributed by atoms with Crippen LogP contribution in [0.1, 0.15) is 57.9 Å². The van der Waals surface area contributed by atoms with Crippen LogP contribution in [0.25, 0.3) is 0 Å². The summed E-state index contributed by atoms with van der Waals surface area (Å²) in [5, 5.41) is 0. The first-order chi connectivity index (χ1) is 12.8. The molecule has 1 saturated heterocycles. The molecule has 27 heavy (non-hydrogen) atoms. The third-order valence-corrected chi connectivity index (χ3v) is 5.71. The number of methoxy groups -OCH3 is 1. The molecule has 3 aliphatic rings. The fraction of sp³-hybridized carbons (Fsp3) is 0.714. The van der Waals surface area contributed by atoms with Crippen LogP contribution in [-0.2, 0) is 15.9 Å². The molecule has 1 aromatic rings. The highest BCUT2D eigenvalue weighted by molar-refractivity contribution is 5.69. The van der Waals surface area contributed by atoms with Crippen molar-refractivity contribution < 1.29 is 14.3 Å². The zero-order chi connectivity index (χ0) is 19.3. The standard InChI is InChI=1S/C21H31N3O3/c1-13-11-23(20(25)27-21(2,3)4)12-16-10-15-8-9-17(22-19(15)24(13)16)18(26-5)14-6-7-14/h8-9,13-14,16,18H,6-7,10-12H2,1-5H3/t13-,16-,18?/m1/s1. The van der Waals surface area contributed by atoms with Gasteiger partial charge in [-0.3, -0.25) is 0 Å². The van der Waals surface area contributed by atoms with E-state index in [4.69, 9.17) is 14.5 Å². The molecule has 0 radical (unpaired) electrons. The highest BCUT2D eigenvalue weighted by atomic mass is 16.6. The number of fused-ring (bicyclic) bond motifs is 3. The largest absolute Gasteiger partial charge is 0.444 e. The van der Waals surface area contributed by atoms with Crippen LogP contribution in [0.2, 0.25) is 0 Å². The molecule has 0 bridgehead atoms. The Labute approximate surface area is 161 Å². The number of anilines is 1. The van der Waals surface area contributed by atoms with E-state index < -0.39 is 5.60 Å². The van der Waals surface area contributed by atoms with Gasteiger partial charge >= 0.3 is 6.09 Å². The molecule has 4 rings (SSSR count). The number of aromatic nitrogens is 1. The predicted molar refractivity (Wildman–Crippen MR) is 104 cm³/mol. The summed E-state index contributed by atoms with van der Waals surface area (Å²) in [5.74, 6) is 1.69. The second-order valence-corrected chi connectivity index (χ2v) is 9.21. The summed E-state index contributed by atoms with van der Waals surface area (Å²) >= 11 is 0. The summed E-state index contributed by atoms with van der Waals surface area (Å²) in [6, 6.07) is 4.80. The summed E-state index contributed by atoms with van der Waals surface area (Å²) in [6.07, 6.45) is 3.27. The number of ether oxygens (including phenoxy) is 2. The minimum atomic E-state index is -0.468. The van der Waals surface area contributed by atoms with E-state index in [-0.39, 0.29) is 24.3 Å². The maximum Gasteiger partial charge on any atom is 0.410 e. The Morgan fingerprint density at radius 3 is 2.63 bits per heavy atom. The van der Waals surface area contributed by atoms with E-state index in [0.717, 1.165) is 17.9 Å². The van der Waals surface area contributed by atoms with Gasteiger partial charge < -0.3 is 19.3 Å². The average molecular weight is 373 g/mol. The smallest absolute Gasteiger partial charge is 0.410 e. The Bertz CT molecular complexity index is 726. The molecule has 3 atom stereocenters. The fourth-order valence-electron chi connectivity index (χ4n) is 4.44. The Hall–Kier alpha value is -1.82. The Kier molecular flexibility index (Phi) is 4.57. The summed E-state index contributed by atoms with van der Waals surface area (Å²) in [4.78, 5) is 21.8. The molecule has 6 heteroatoms. The minimum Gasteiger partial charge on any atom is -0.444 e. The van der Waals surface area contributed by atoms with Gasteiger partial charge in [-0.05, 0) is 64.5 Å². The van der Waals surface area contributed by atoms with Crippen molar-refractivity contribution in [3.8, 4) is 0 Å². The van der Waals surface area contributed by atoms with Crippen LogP contribution in [0, 0.1) is 5.92 Å². The molecule has 1 unspecified atom stereocenters. The maximum atomic E-state index is 12.5. The molecule has 2 aliphatic heterocycles. The molecular weight excluding hydrogens is 342 g/mol. The third-order valence-electron chi connectivity index (χ3n) is 5.71. The van der Waals surface area contributed by atoms with E-state index >= 15 is 0 Å². The molecule has 2 fully saturated rings. The van der Waals surface area contributed by atoms with Crippen molar-refractivity contribution >= 4 is 11.9 Å². The van der Waals surface area contributed by atoms with Gasteiger partial charge in [0.25, 0.3) is 0 Å². The normalized spacial score (nSPS) is 25.8. The number of carbonyl (C=O) groups excluding carboxylic acids is 1. The van der Waals surface area contributed by atoms with E-state index in [9.17, 15) is 4.79 Å². The lowest BCUT2D eigenvalue weighted by atomic mass is 10.1. The first-order valence-corrected chi connectivity index (χ1v) is 10.1. The highest BCUT2D eigenvalue weighted by Gasteiger charge is 2.42. The van der Waals surface area contributed by atoms with Gasteiger partial charge in [-0.25, -0.2) is 9.78 Å². The SMILES string of the molecule is COC(c1ccc2c(n1)N1[C@H](C2)CN(C(=O)OC(C)(C)C)C[C@H]1C)C1CC1. The van der Waals surface area contributed by atoms with Gasteiger partial charge in [0.1, 0.15) is 17.5 Å². The Morgan fingerprint density at radius 1 is 1.26 bits per heavy atom. The van der Waals surface area contributed by atoms with Crippen molar-refractivity contribution in [3.63, 3.8) is 0 Å². The van der Waals surface area contributed by atoms with E-state index in [1.54, 1.807) is 7.11 Å². The Balaban J connectivity index is 1.53. The van der Waals surface area contributed by atoms with Gasteiger partial charge in [0.15, 0.2) is 0 Å². The molecule has 1 aliphatic carbocycles. The van der Waals surface area contributed by atoms with Crippen molar-refractivity contribution in [1.29, 1.82) is 0 Å². The first-order valence-electron chi connectivity index (χ1n) is 10.1. The lowest BCUT2D eigenvalue weighted by Gasteiger charge is -2.43. The second kappa shape index (κ2) is 6.66. The van der Waals surface area contributed by atoms with Crippen LogP contribution < -0.4 is 4.90 Å². The number of nitrogens with zero attached hydrogens (tertiary/aromatic N) is 3. The molecule has 1 amide bonds. The molecule has 148 valence electrons. The molecule has 0 spiro atoms. The van der Waals surface area contributed by atoms with Gasteiger partial charge in [-0.2, -0.15) is 0 Å². The number of piperazine rings is 1. The van der Waals surface area contributed by atoms with Gasteiger partial charge in [0.05, 0.1) is 11.7 Å². The monoisotopic (exact) mass is 373 g/mol. The first kappa shape index (κ1) is 18.5. The van der Waals surface area contributed by atoms with E-state index in [1.165, 1.54) is 18.4 Å². The molecule has 0 N–H and O–H groups in total. The number of rotatable bonds is 3. The molecule has 6 nitrogen and oxygen atoms in total. The van der Waals surface area contributed by atoms with Crippen LogP contribution in [-0.4, -0.2) is 53.9 Å². The second-order valence-electron chi connectivity index (χ2n) is 9.21. The van der Waals surface area contributed by atoms with Crippen molar-refractivity contribution in [2.24, 2.45) is 5.92 Å². The van der Waals surface area contributed by atoms with Crippen molar-refractivity contribution in [2.75, 3.05) is 25.1 Å². The van der Waals surface area contributed by atoms with Gasteiger partial charge in [-0.15, -0.1) is 0 Å². The lowest BCUT2D eigenvalue weighted by Crippen LogP contribution is -2.58. The molecule has 3 heterocycles. The van der Waals surface area contributed by atoms with Crippen LogP contribution >= 0.6 is 0 Å². The molecule has 1 saturated carbocycles. The van der Waals surface area contributed by atoms with Crippen LogP contribution in [0.4, 0.5) is 10.6 Å². The van der Waals surface area contributed by atoms with Crippen molar-refractivity contribution in [2.45, 2.75) is 70.7 Å². The summed E-state index contributed by atoms with van der Waals surface area (Å²) in [7, 11) is 1.78. The van der Waals surface area contributed by atoms with Crippen molar-refractivity contribution in [3.05, 3.63) is 23.4 Å². The van der Waals surface area contributed by atoms with Crippen molar-refractivity contribution in [1.82, 2.24) is 9.88 Å². The van der Waals surface area contributed by atoms with E-state index in [1.807, 2.05) is 25.7 Å². The highest BCUT2D eigenvalue weighted by Crippen LogP contribution is 2.44. The third kappa shape index (κ3) is 3.64. The maximum absolute atomic E-state index is 12.5. The van der Waals surface area contributed by atoms with Crippen LogP contribution in [0.15, 0.2) is 12.1 Å². The average Bonchev–Trinajstić information content (AvgIpc) is 3.33. The summed E-state index contributed by atoms with van der Waals surface area (Å²) in [5.41, 5.74) is 1.85. The number of amides is 1. The molecule has 1 aromatic heterocycles. The summed E-state index contributed by atoms with van der Waals surface area (Å²) < 4.78 is 11.3. The van der Waals surface area contributed by atoms with E-state index in [2.05, 4.69) is 24.0 Å². The van der Waals surface area contributed by atoms with Crippen LogP contribution in [0.3, 0.4) is 0 Å². The number of carbonyl (C=O) groups is 1. The molecule has 0 aromatic carbocycles. The van der Waals surface area contributed by atoms with Gasteiger partial charge in [0.2, 0.25) is 0 Å². The fourth-order valence-corrected chi connectivity index (χ4v) is 4.44. The predicted octanol–water partition coefficient (Wildman–Crippen LogP) is 3.55. The van der Waals surface area contributed by atoms with Gasteiger partial charge in [-0.1, -0.05) is 6.07 Å². The van der Waals surface area contributed by atoms with Crippen LogP contribution in [0.5, 0.6) is 0 Å². The topological polar surface area (TPSA) is 54.9 Å². The number of hydrogen-bond acceptors (Lipinski definition) is 5. The van der Waals surface area contributed by atoms with Gasteiger partial charge in [0, 0.05) is 26.2 Å². The Morgan fingerprint density at radius 2 is 2.00 bits per heavy atom. The zero-order valence-corrected chi connectivity index (χ0v) is 17.1. The van der Waals surface area contributed by atoms with E-state index in [0.29, 0.717) is 19.0 Å². The molecular formula is C21H31N3O3. The number of pyridine rings is 1. The minimum absolute atomic E-state index is 0.104. The quantitative estimate of drug-likeness (QED) is 0.811. The summed E-state index contributed by atoms with van der Waals surface area (Å²) in [6.45, 7) is 9.24. The zero-order valence-electron chi connectivity index (χ0n) is 17.1. The number of hydrogen-bond donors (Lipinski definition) is 0. The lowest BCUT2D eigenvalue weighted by molar-refractivity contribution is 0.0191.